The lowest BCUT2D eigenvalue weighted by Gasteiger charge is -2.11. The van der Waals surface area contributed by atoms with Crippen LogP contribution in [0, 0.1) is 6.92 Å². The zero-order valence-electron chi connectivity index (χ0n) is 19.8. The first-order valence-electron chi connectivity index (χ1n) is 11.4. The van der Waals surface area contributed by atoms with Gasteiger partial charge < -0.3 is 10.1 Å². The average Bonchev–Trinajstić information content (AvgIpc) is 2.91. The number of methoxy groups -OCH3 is 1. The number of rotatable bonds is 7. The summed E-state index contributed by atoms with van der Waals surface area (Å²) in [4.78, 5) is 24.7. The van der Waals surface area contributed by atoms with Crippen LogP contribution in [0.4, 0.5) is 0 Å². The van der Waals surface area contributed by atoms with Crippen LogP contribution in [-0.4, -0.2) is 19.0 Å². The summed E-state index contributed by atoms with van der Waals surface area (Å²) in [5, 5.41) is 2.99. The fraction of sp³-hybridized carbons (Fsp3) is 0.0968. The molecule has 1 amide bonds. The fourth-order valence-electron chi connectivity index (χ4n) is 3.75. The fourth-order valence-corrected chi connectivity index (χ4v) is 3.75. The second-order valence-electron chi connectivity index (χ2n) is 8.31. The number of hydrogen-bond acceptors (Lipinski definition) is 3. The van der Waals surface area contributed by atoms with Crippen molar-refractivity contribution in [2.75, 3.05) is 7.11 Å². The van der Waals surface area contributed by atoms with E-state index in [4.69, 9.17) is 4.74 Å². The SMILES string of the molecule is COC(=O)/C=C/c1cc(C(=O)NCc2ccc(C)cc2)cc(-c2ccc(-c3ccccc3)cc2)c1. The lowest BCUT2D eigenvalue weighted by atomic mass is 9.97. The molecule has 4 heteroatoms. The monoisotopic (exact) mass is 461 g/mol. The van der Waals surface area contributed by atoms with Gasteiger partial charge in [0.15, 0.2) is 0 Å². The second-order valence-corrected chi connectivity index (χ2v) is 8.31. The molecule has 0 aliphatic carbocycles. The topological polar surface area (TPSA) is 55.4 Å². The maximum absolute atomic E-state index is 13.0. The number of nitrogens with one attached hydrogen (secondary N) is 1. The molecule has 0 unspecified atom stereocenters. The van der Waals surface area contributed by atoms with Gasteiger partial charge in [0.1, 0.15) is 0 Å². The molecular weight excluding hydrogens is 434 g/mol. The molecule has 0 aliphatic rings. The normalized spacial score (nSPS) is 10.8. The maximum atomic E-state index is 13.0. The van der Waals surface area contributed by atoms with E-state index in [1.807, 2.05) is 73.7 Å². The van der Waals surface area contributed by atoms with E-state index in [-0.39, 0.29) is 5.91 Å². The van der Waals surface area contributed by atoms with Gasteiger partial charge in [-0.25, -0.2) is 4.79 Å². The van der Waals surface area contributed by atoms with Crippen LogP contribution < -0.4 is 5.32 Å². The Kier molecular flexibility index (Phi) is 7.53. The number of benzene rings is 4. The van der Waals surface area contributed by atoms with E-state index in [9.17, 15) is 9.59 Å². The zero-order chi connectivity index (χ0) is 24.6. The van der Waals surface area contributed by atoms with Crippen molar-refractivity contribution in [3.63, 3.8) is 0 Å². The third kappa shape index (κ3) is 6.33. The molecule has 0 radical (unpaired) electrons. The molecule has 0 aliphatic heterocycles. The summed E-state index contributed by atoms with van der Waals surface area (Å²) in [6, 6.07) is 32.0. The van der Waals surface area contributed by atoms with Crippen LogP contribution in [0.5, 0.6) is 0 Å². The third-order valence-corrected chi connectivity index (χ3v) is 5.73. The summed E-state index contributed by atoms with van der Waals surface area (Å²) in [5.74, 6) is -0.631. The Morgan fingerprint density at radius 3 is 2.06 bits per heavy atom. The van der Waals surface area contributed by atoms with E-state index in [1.165, 1.54) is 18.7 Å². The summed E-state index contributed by atoms with van der Waals surface area (Å²) in [6.07, 6.45) is 3.01. The van der Waals surface area contributed by atoms with Crippen LogP contribution in [0.1, 0.15) is 27.0 Å². The molecule has 0 atom stereocenters. The van der Waals surface area contributed by atoms with E-state index in [0.29, 0.717) is 12.1 Å². The molecule has 4 nitrogen and oxygen atoms in total. The highest BCUT2D eigenvalue weighted by molar-refractivity contribution is 5.97. The molecule has 4 rings (SSSR count). The van der Waals surface area contributed by atoms with Crippen LogP contribution >= 0.6 is 0 Å². The highest BCUT2D eigenvalue weighted by Gasteiger charge is 2.10. The molecule has 35 heavy (non-hydrogen) atoms. The number of ether oxygens (including phenoxy) is 1. The van der Waals surface area contributed by atoms with Gasteiger partial charge in [0.25, 0.3) is 5.91 Å². The summed E-state index contributed by atoms with van der Waals surface area (Å²) in [6.45, 7) is 2.46. The molecule has 4 aromatic carbocycles. The number of carbonyl (C=O) groups excluding carboxylic acids is 2. The lowest BCUT2D eigenvalue weighted by Crippen LogP contribution is -2.22. The van der Waals surface area contributed by atoms with Crippen molar-refractivity contribution in [3.8, 4) is 22.3 Å². The molecule has 0 bridgehead atoms. The quantitative estimate of drug-likeness (QED) is 0.254. The number of esters is 1. The molecule has 0 saturated heterocycles. The summed E-state index contributed by atoms with van der Waals surface area (Å²) in [5.41, 5.74) is 7.59. The van der Waals surface area contributed by atoms with E-state index in [0.717, 1.165) is 33.4 Å². The Bertz CT molecular complexity index is 1340. The minimum Gasteiger partial charge on any atom is -0.466 e. The molecule has 4 aromatic rings. The van der Waals surface area contributed by atoms with Gasteiger partial charge in [0.05, 0.1) is 7.11 Å². The molecule has 0 heterocycles. The van der Waals surface area contributed by atoms with Gasteiger partial charge in [-0.3, -0.25) is 4.79 Å². The minimum atomic E-state index is -0.451. The molecule has 1 N–H and O–H groups in total. The van der Waals surface area contributed by atoms with E-state index in [2.05, 4.69) is 29.6 Å². The molecule has 0 aromatic heterocycles. The molecular formula is C31H27NO3. The predicted octanol–water partition coefficient (Wildman–Crippen LogP) is 6.45. The van der Waals surface area contributed by atoms with Gasteiger partial charge in [-0.15, -0.1) is 0 Å². The van der Waals surface area contributed by atoms with Crippen molar-refractivity contribution in [1.82, 2.24) is 5.32 Å². The van der Waals surface area contributed by atoms with Crippen molar-refractivity contribution >= 4 is 18.0 Å². The average molecular weight is 462 g/mol. The zero-order valence-corrected chi connectivity index (χ0v) is 19.8. The second kappa shape index (κ2) is 11.1. The predicted molar refractivity (Wildman–Crippen MR) is 141 cm³/mol. The number of carbonyl (C=O) groups is 2. The molecule has 0 spiro atoms. The van der Waals surface area contributed by atoms with Crippen LogP contribution in [0.15, 0.2) is 103 Å². The van der Waals surface area contributed by atoms with Gasteiger partial charge in [-0.2, -0.15) is 0 Å². The lowest BCUT2D eigenvalue weighted by molar-refractivity contribution is -0.134. The van der Waals surface area contributed by atoms with Crippen LogP contribution in [0.2, 0.25) is 0 Å². The smallest absolute Gasteiger partial charge is 0.330 e. The molecule has 174 valence electrons. The first-order valence-corrected chi connectivity index (χ1v) is 11.4. The highest BCUT2D eigenvalue weighted by Crippen LogP contribution is 2.27. The van der Waals surface area contributed by atoms with Crippen molar-refractivity contribution in [1.29, 1.82) is 0 Å². The third-order valence-electron chi connectivity index (χ3n) is 5.73. The van der Waals surface area contributed by atoms with Crippen molar-refractivity contribution in [2.45, 2.75) is 13.5 Å². The molecule has 0 saturated carbocycles. The van der Waals surface area contributed by atoms with Crippen molar-refractivity contribution < 1.29 is 14.3 Å². The molecule has 0 fully saturated rings. The minimum absolute atomic E-state index is 0.180. The van der Waals surface area contributed by atoms with Crippen molar-refractivity contribution in [3.05, 3.63) is 125 Å². The highest BCUT2D eigenvalue weighted by atomic mass is 16.5. The first kappa shape index (κ1) is 23.7. The Hall–Kier alpha value is -4.44. The van der Waals surface area contributed by atoms with E-state index < -0.39 is 5.97 Å². The van der Waals surface area contributed by atoms with E-state index >= 15 is 0 Å². The first-order chi connectivity index (χ1) is 17.0. The maximum Gasteiger partial charge on any atom is 0.330 e. The van der Waals surface area contributed by atoms with Gasteiger partial charge in [-0.1, -0.05) is 84.4 Å². The summed E-state index contributed by atoms with van der Waals surface area (Å²) < 4.78 is 4.71. The van der Waals surface area contributed by atoms with Crippen LogP contribution in [0.3, 0.4) is 0 Å². The number of amides is 1. The van der Waals surface area contributed by atoms with E-state index in [1.54, 1.807) is 12.1 Å². The van der Waals surface area contributed by atoms with Gasteiger partial charge in [0.2, 0.25) is 0 Å². The van der Waals surface area contributed by atoms with Crippen molar-refractivity contribution in [2.24, 2.45) is 0 Å². The van der Waals surface area contributed by atoms with Crippen LogP contribution in [-0.2, 0) is 16.1 Å². The Labute approximate surface area is 205 Å². The van der Waals surface area contributed by atoms with Gasteiger partial charge in [-0.05, 0) is 64.6 Å². The largest absolute Gasteiger partial charge is 0.466 e. The van der Waals surface area contributed by atoms with Crippen LogP contribution in [0.25, 0.3) is 28.3 Å². The summed E-state index contributed by atoms with van der Waals surface area (Å²) in [7, 11) is 1.33. The standard InChI is InChI=1S/C31H27NO3/c1-22-8-10-23(11-9-22)21-32-31(34)29-19-24(12-17-30(33)35-2)18-28(20-29)27-15-13-26(14-16-27)25-6-4-3-5-7-25/h3-20H,21H2,1-2H3,(H,32,34)/b17-12+. The number of aryl methyl sites for hydroxylation is 1. The number of hydrogen-bond donors (Lipinski definition) is 1. The van der Waals surface area contributed by atoms with Gasteiger partial charge >= 0.3 is 5.97 Å². The summed E-state index contributed by atoms with van der Waals surface area (Å²) >= 11 is 0. The Morgan fingerprint density at radius 2 is 1.40 bits per heavy atom. The van der Waals surface area contributed by atoms with Gasteiger partial charge in [0, 0.05) is 18.2 Å². The Morgan fingerprint density at radius 1 is 0.771 bits per heavy atom. The Balaban J connectivity index is 1.62.